The largest absolute Gasteiger partial charge is 0.497 e. The van der Waals surface area contributed by atoms with Gasteiger partial charge in [-0.15, -0.1) is 0 Å². The van der Waals surface area contributed by atoms with Crippen molar-refractivity contribution in [3.8, 4) is 23.0 Å². The molecule has 0 atom stereocenters. The normalized spacial score (nSPS) is 10.8. The van der Waals surface area contributed by atoms with Crippen molar-refractivity contribution in [2.75, 3.05) is 14.2 Å². The zero-order chi connectivity index (χ0) is 14.1. The van der Waals surface area contributed by atoms with Crippen LogP contribution in [0.1, 0.15) is 0 Å². The summed E-state index contributed by atoms with van der Waals surface area (Å²) in [4.78, 5) is 12.0. The number of rotatable bonds is 3. The van der Waals surface area contributed by atoms with Crippen LogP contribution in [0.3, 0.4) is 0 Å². The number of methoxy groups -OCH3 is 2. The van der Waals surface area contributed by atoms with Crippen molar-refractivity contribution in [1.82, 2.24) is 15.0 Å². The Bertz CT molecular complexity index is 770. The Hall–Kier alpha value is -2.08. The van der Waals surface area contributed by atoms with E-state index in [0.29, 0.717) is 11.5 Å². The zero-order valence-electron chi connectivity index (χ0n) is 11.0. The molecule has 3 aromatic rings. The van der Waals surface area contributed by atoms with E-state index >= 15 is 0 Å². The lowest BCUT2D eigenvalue weighted by atomic mass is 10.2. The van der Waals surface area contributed by atoms with E-state index < -0.39 is 0 Å². The molecule has 2 aromatic heterocycles. The monoisotopic (exact) mass is 333 g/mol. The lowest BCUT2D eigenvalue weighted by Crippen LogP contribution is -1.87. The van der Waals surface area contributed by atoms with Crippen LogP contribution in [0.4, 0.5) is 0 Å². The summed E-state index contributed by atoms with van der Waals surface area (Å²) in [6, 6.07) is 9.42. The Kier molecular flexibility index (Phi) is 3.31. The topological polar surface area (TPSA) is 60.0 Å². The minimum absolute atomic E-state index is 0.542. The molecule has 0 bridgehead atoms. The van der Waals surface area contributed by atoms with Crippen molar-refractivity contribution < 1.29 is 9.47 Å². The molecule has 3 rings (SSSR count). The van der Waals surface area contributed by atoms with Crippen LogP contribution in [-0.4, -0.2) is 29.2 Å². The SMILES string of the molecule is COc1ccc(Br)c(-c2nc3nc(OC)ccc3[nH]2)c1. The summed E-state index contributed by atoms with van der Waals surface area (Å²) < 4.78 is 11.3. The Labute approximate surface area is 124 Å². The Morgan fingerprint density at radius 1 is 1.05 bits per heavy atom. The molecule has 1 aromatic carbocycles. The first-order chi connectivity index (χ1) is 9.71. The highest BCUT2D eigenvalue weighted by Crippen LogP contribution is 2.31. The molecule has 1 N–H and O–H groups in total. The molecule has 0 aliphatic rings. The second kappa shape index (κ2) is 5.13. The summed E-state index contributed by atoms with van der Waals surface area (Å²) in [6.07, 6.45) is 0. The van der Waals surface area contributed by atoms with Crippen molar-refractivity contribution in [2.24, 2.45) is 0 Å². The second-order valence-corrected chi connectivity index (χ2v) is 5.01. The van der Waals surface area contributed by atoms with Crippen LogP contribution in [0.15, 0.2) is 34.8 Å². The molecule has 0 spiro atoms. The average molecular weight is 334 g/mol. The van der Waals surface area contributed by atoms with Gasteiger partial charge in [0.2, 0.25) is 5.88 Å². The Morgan fingerprint density at radius 2 is 1.90 bits per heavy atom. The number of nitrogens with one attached hydrogen (secondary N) is 1. The number of aromatic amines is 1. The van der Waals surface area contributed by atoms with E-state index in [-0.39, 0.29) is 0 Å². The molecular weight excluding hydrogens is 322 g/mol. The molecule has 0 unspecified atom stereocenters. The number of fused-ring (bicyclic) bond motifs is 1. The molecule has 102 valence electrons. The van der Waals surface area contributed by atoms with Crippen LogP contribution in [0, 0.1) is 0 Å². The van der Waals surface area contributed by atoms with E-state index in [4.69, 9.17) is 9.47 Å². The summed E-state index contributed by atoms with van der Waals surface area (Å²) in [5.74, 6) is 2.04. The van der Waals surface area contributed by atoms with Crippen molar-refractivity contribution in [1.29, 1.82) is 0 Å². The van der Waals surface area contributed by atoms with E-state index in [1.807, 2.05) is 24.3 Å². The number of halogens is 1. The van der Waals surface area contributed by atoms with E-state index in [1.54, 1.807) is 20.3 Å². The van der Waals surface area contributed by atoms with Crippen LogP contribution in [0.5, 0.6) is 11.6 Å². The third-order valence-electron chi connectivity index (χ3n) is 2.96. The summed E-state index contributed by atoms with van der Waals surface area (Å²) in [6.45, 7) is 0. The van der Waals surface area contributed by atoms with Crippen molar-refractivity contribution in [2.45, 2.75) is 0 Å². The maximum absolute atomic E-state index is 5.24. The van der Waals surface area contributed by atoms with Gasteiger partial charge in [-0.2, -0.15) is 4.98 Å². The highest BCUT2D eigenvalue weighted by molar-refractivity contribution is 9.10. The number of ether oxygens (including phenoxy) is 2. The number of H-pyrrole nitrogens is 1. The lowest BCUT2D eigenvalue weighted by molar-refractivity contribution is 0.399. The zero-order valence-corrected chi connectivity index (χ0v) is 12.6. The number of nitrogens with zero attached hydrogens (tertiary/aromatic N) is 2. The van der Waals surface area contributed by atoms with Crippen LogP contribution in [0.2, 0.25) is 0 Å². The Balaban J connectivity index is 2.14. The lowest BCUT2D eigenvalue weighted by Gasteiger charge is -2.04. The van der Waals surface area contributed by atoms with Gasteiger partial charge in [0.1, 0.15) is 11.6 Å². The molecule has 0 amide bonds. The number of hydrogen-bond acceptors (Lipinski definition) is 4. The van der Waals surface area contributed by atoms with Gasteiger partial charge >= 0.3 is 0 Å². The molecule has 0 radical (unpaired) electrons. The number of aromatic nitrogens is 3. The molecule has 6 heteroatoms. The maximum Gasteiger partial charge on any atom is 0.215 e. The van der Waals surface area contributed by atoms with E-state index in [1.165, 1.54) is 0 Å². The highest BCUT2D eigenvalue weighted by atomic mass is 79.9. The van der Waals surface area contributed by atoms with E-state index in [9.17, 15) is 0 Å². The molecule has 2 heterocycles. The van der Waals surface area contributed by atoms with Gasteiger partial charge in [-0.05, 0) is 24.3 Å². The van der Waals surface area contributed by atoms with Crippen LogP contribution in [-0.2, 0) is 0 Å². The first-order valence-electron chi connectivity index (χ1n) is 5.96. The minimum Gasteiger partial charge on any atom is -0.497 e. The predicted octanol–water partition coefficient (Wildman–Crippen LogP) is 3.40. The standard InChI is InChI=1S/C14H12BrN3O2/c1-19-8-3-4-10(15)9(7-8)13-16-11-5-6-12(20-2)17-14(11)18-13/h3-7H,1-2H3,(H,16,17,18). The molecule has 0 aliphatic carbocycles. The smallest absolute Gasteiger partial charge is 0.215 e. The van der Waals surface area contributed by atoms with Crippen LogP contribution >= 0.6 is 15.9 Å². The average Bonchev–Trinajstić information content (AvgIpc) is 2.90. The van der Waals surface area contributed by atoms with Crippen molar-refractivity contribution in [3.05, 3.63) is 34.8 Å². The minimum atomic E-state index is 0.542. The number of hydrogen-bond donors (Lipinski definition) is 1. The van der Waals surface area contributed by atoms with Gasteiger partial charge in [-0.3, -0.25) is 0 Å². The highest BCUT2D eigenvalue weighted by Gasteiger charge is 2.11. The van der Waals surface area contributed by atoms with Gasteiger partial charge in [0, 0.05) is 16.1 Å². The molecule has 0 fully saturated rings. The molecule has 0 aliphatic heterocycles. The van der Waals surface area contributed by atoms with Crippen LogP contribution in [0.25, 0.3) is 22.6 Å². The quantitative estimate of drug-likeness (QED) is 0.797. The Morgan fingerprint density at radius 3 is 2.65 bits per heavy atom. The molecular formula is C14H12BrN3O2. The van der Waals surface area contributed by atoms with E-state index in [2.05, 4.69) is 30.9 Å². The van der Waals surface area contributed by atoms with E-state index in [0.717, 1.165) is 27.1 Å². The molecule has 5 nitrogen and oxygen atoms in total. The third-order valence-corrected chi connectivity index (χ3v) is 3.65. The summed E-state index contributed by atoms with van der Waals surface area (Å²) in [5.41, 5.74) is 2.39. The van der Waals surface area contributed by atoms with Gasteiger partial charge in [-0.1, -0.05) is 15.9 Å². The molecule has 0 saturated carbocycles. The fourth-order valence-electron chi connectivity index (χ4n) is 1.93. The molecule has 20 heavy (non-hydrogen) atoms. The summed E-state index contributed by atoms with van der Waals surface area (Å²) in [7, 11) is 3.22. The van der Waals surface area contributed by atoms with Gasteiger partial charge in [-0.25, -0.2) is 4.98 Å². The predicted molar refractivity (Wildman–Crippen MR) is 80.1 cm³/mol. The van der Waals surface area contributed by atoms with Gasteiger partial charge in [0.05, 0.1) is 19.7 Å². The molecule has 0 saturated heterocycles. The van der Waals surface area contributed by atoms with Gasteiger partial charge in [0.25, 0.3) is 0 Å². The van der Waals surface area contributed by atoms with Crippen LogP contribution < -0.4 is 9.47 Å². The fourth-order valence-corrected chi connectivity index (χ4v) is 2.36. The first kappa shape index (κ1) is 12.9. The summed E-state index contributed by atoms with van der Waals surface area (Å²) in [5, 5.41) is 0. The number of benzene rings is 1. The van der Waals surface area contributed by atoms with Crippen molar-refractivity contribution >= 4 is 27.1 Å². The fraction of sp³-hybridized carbons (Fsp3) is 0.143. The first-order valence-corrected chi connectivity index (χ1v) is 6.75. The van der Waals surface area contributed by atoms with Gasteiger partial charge in [0.15, 0.2) is 5.65 Å². The summed E-state index contributed by atoms with van der Waals surface area (Å²) >= 11 is 3.52. The third kappa shape index (κ3) is 2.22. The number of pyridine rings is 1. The van der Waals surface area contributed by atoms with Crippen molar-refractivity contribution in [3.63, 3.8) is 0 Å². The van der Waals surface area contributed by atoms with Gasteiger partial charge < -0.3 is 14.5 Å². The number of imidazole rings is 1. The second-order valence-electron chi connectivity index (χ2n) is 4.16. The maximum atomic E-state index is 5.24.